The molecule has 6 heteroatoms. The van der Waals surface area contributed by atoms with Gasteiger partial charge in [-0.2, -0.15) is 5.10 Å². The van der Waals surface area contributed by atoms with Crippen molar-refractivity contribution in [3.05, 3.63) is 52.3 Å². The van der Waals surface area contributed by atoms with E-state index in [0.717, 1.165) is 11.3 Å². The Morgan fingerprint density at radius 3 is 2.95 bits per heavy atom. The van der Waals surface area contributed by atoms with Crippen LogP contribution in [0.2, 0.25) is 5.02 Å². The fourth-order valence-corrected chi connectivity index (χ4v) is 2.24. The van der Waals surface area contributed by atoms with Crippen molar-refractivity contribution >= 4 is 17.6 Å². The van der Waals surface area contributed by atoms with Gasteiger partial charge in [0.25, 0.3) is 0 Å². The van der Waals surface area contributed by atoms with Crippen LogP contribution < -0.4 is 5.32 Å². The summed E-state index contributed by atoms with van der Waals surface area (Å²) in [6.45, 7) is 3.32. The number of halogens is 1. The molecular weight excluding hydrogens is 290 g/mol. The maximum atomic E-state index is 11.8. The van der Waals surface area contributed by atoms with E-state index in [-0.39, 0.29) is 5.97 Å². The highest BCUT2D eigenvalue weighted by atomic mass is 35.5. The fourth-order valence-electron chi connectivity index (χ4n) is 2.02. The Balaban J connectivity index is 2.00. The average Bonchev–Trinajstić information content (AvgIpc) is 2.81. The van der Waals surface area contributed by atoms with E-state index in [0.29, 0.717) is 30.3 Å². The van der Waals surface area contributed by atoms with Crippen LogP contribution in [0.4, 0.5) is 0 Å². The third-order valence-electron chi connectivity index (χ3n) is 3.07. The molecule has 2 aromatic rings. The summed E-state index contributed by atoms with van der Waals surface area (Å²) in [4.78, 5) is 11.8. The molecular formula is C15H18ClN3O2. The van der Waals surface area contributed by atoms with Gasteiger partial charge in [-0.3, -0.25) is 4.68 Å². The van der Waals surface area contributed by atoms with Crippen molar-refractivity contribution in [3.8, 4) is 0 Å². The number of nitrogens with zero attached hydrogens (tertiary/aromatic N) is 2. The van der Waals surface area contributed by atoms with E-state index in [1.165, 1.54) is 6.20 Å². The summed E-state index contributed by atoms with van der Waals surface area (Å²) in [5, 5.41) is 8.11. The van der Waals surface area contributed by atoms with Crippen molar-refractivity contribution in [1.29, 1.82) is 0 Å². The van der Waals surface area contributed by atoms with Crippen molar-refractivity contribution in [1.82, 2.24) is 15.1 Å². The largest absolute Gasteiger partial charge is 0.462 e. The second-order valence-corrected chi connectivity index (χ2v) is 5.02. The molecule has 1 heterocycles. The summed E-state index contributed by atoms with van der Waals surface area (Å²) < 4.78 is 6.70. The average molecular weight is 308 g/mol. The fraction of sp³-hybridized carbons (Fsp3) is 0.333. The van der Waals surface area contributed by atoms with Crippen LogP contribution in [-0.2, 0) is 24.9 Å². The molecule has 0 atom stereocenters. The van der Waals surface area contributed by atoms with Gasteiger partial charge in [-0.1, -0.05) is 23.7 Å². The predicted octanol–water partition coefficient (Wildman–Crippen LogP) is 2.54. The topological polar surface area (TPSA) is 56.1 Å². The summed E-state index contributed by atoms with van der Waals surface area (Å²) in [7, 11) is 1.80. The molecule has 1 aromatic heterocycles. The molecule has 0 saturated heterocycles. The molecule has 0 saturated carbocycles. The molecule has 1 aromatic carbocycles. The maximum Gasteiger partial charge on any atom is 0.341 e. The van der Waals surface area contributed by atoms with E-state index >= 15 is 0 Å². The third kappa shape index (κ3) is 4.06. The van der Waals surface area contributed by atoms with Gasteiger partial charge in [0.05, 0.1) is 18.5 Å². The molecule has 0 aliphatic rings. The highest BCUT2D eigenvalue weighted by molar-refractivity contribution is 6.30. The quantitative estimate of drug-likeness (QED) is 0.833. The number of rotatable bonds is 6. The Morgan fingerprint density at radius 1 is 1.43 bits per heavy atom. The van der Waals surface area contributed by atoms with Crippen molar-refractivity contribution in [2.75, 3.05) is 6.61 Å². The van der Waals surface area contributed by atoms with Crippen LogP contribution >= 0.6 is 11.6 Å². The molecule has 0 radical (unpaired) electrons. The summed E-state index contributed by atoms with van der Waals surface area (Å²) >= 11 is 5.95. The Bertz CT molecular complexity index is 625. The zero-order chi connectivity index (χ0) is 15.2. The van der Waals surface area contributed by atoms with E-state index in [4.69, 9.17) is 16.3 Å². The first-order chi connectivity index (χ1) is 10.1. The van der Waals surface area contributed by atoms with Gasteiger partial charge in [-0.25, -0.2) is 4.79 Å². The van der Waals surface area contributed by atoms with E-state index < -0.39 is 0 Å². The van der Waals surface area contributed by atoms with Gasteiger partial charge < -0.3 is 10.1 Å². The summed E-state index contributed by atoms with van der Waals surface area (Å²) in [5.41, 5.74) is 2.38. The molecule has 0 bridgehead atoms. The van der Waals surface area contributed by atoms with Gasteiger partial charge in [0.2, 0.25) is 0 Å². The van der Waals surface area contributed by atoms with Crippen LogP contribution in [0, 0.1) is 0 Å². The third-order valence-corrected chi connectivity index (χ3v) is 3.30. The van der Waals surface area contributed by atoms with Crippen LogP contribution in [0.25, 0.3) is 0 Å². The molecule has 0 aliphatic heterocycles. The number of ether oxygens (including phenoxy) is 1. The zero-order valence-corrected chi connectivity index (χ0v) is 12.9. The number of esters is 1. The number of aryl methyl sites for hydroxylation is 1. The van der Waals surface area contributed by atoms with Crippen molar-refractivity contribution < 1.29 is 9.53 Å². The van der Waals surface area contributed by atoms with Gasteiger partial charge in [0.1, 0.15) is 5.56 Å². The van der Waals surface area contributed by atoms with Crippen molar-refractivity contribution in [3.63, 3.8) is 0 Å². The predicted molar refractivity (Wildman–Crippen MR) is 81.2 cm³/mol. The van der Waals surface area contributed by atoms with Crippen LogP contribution in [0.5, 0.6) is 0 Å². The molecule has 0 spiro atoms. The molecule has 0 fully saturated rings. The highest BCUT2D eigenvalue weighted by Crippen LogP contribution is 2.12. The SMILES string of the molecule is CCOC(=O)c1cnn(C)c1CNCc1cccc(Cl)c1. The zero-order valence-electron chi connectivity index (χ0n) is 12.1. The van der Waals surface area contributed by atoms with E-state index in [2.05, 4.69) is 10.4 Å². The van der Waals surface area contributed by atoms with Gasteiger partial charge >= 0.3 is 5.97 Å². The smallest absolute Gasteiger partial charge is 0.341 e. The summed E-state index contributed by atoms with van der Waals surface area (Å²) in [6.07, 6.45) is 1.54. The molecule has 0 amide bonds. The van der Waals surface area contributed by atoms with Crippen molar-refractivity contribution in [2.45, 2.75) is 20.0 Å². The Labute approximate surface area is 128 Å². The van der Waals surface area contributed by atoms with Gasteiger partial charge in [0.15, 0.2) is 0 Å². The molecule has 5 nitrogen and oxygen atoms in total. The molecule has 2 rings (SSSR count). The number of nitrogens with one attached hydrogen (secondary N) is 1. The molecule has 1 N–H and O–H groups in total. The van der Waals surface area contributed by atoms with Gasteiger partial charge in [-0.15, -0.1) is 0 Å². The number of hydrogen-bond donors (Lipinski definition) is 1. The molecule has 112 valence electrons. The minimum Gasteiger partial charge on any atom is -0.462 e. The molecule has 0 unspecified atom stereocenters. The number of carbonyl (C=O) groups is 1. The second-order valence-electron chi connectivity index (χ2n) is 4.58. The standard InChI is InChI=1S/C15H18ClN3O2/c1-3-21-15(20)13-9-18-19(2)14(13)10-17-8-11-5-4-6-12(16)7-11/h4-7,9,17H,3,8,10H2,1-2H3. The van der Waals surface area contributed by atoms with E-state index in [1.807, 2.05) is 24.3 Å². The first-order valence-corrected chi connectivity index (χ1v) is 7.12. The Hall–Kier alpha value is -1.85. The molecule has 0 aliphatic carbocycles. The van der Waals surface area contributed by atoms with Crippen molar-refractivity contribution in [2.24, 2.45) is 7.05 Å². The maximum absolute atomic E-state index is 11.8. The number of aromatic nitrogens is 2. The van der Waals surface area contributed by atoms with Crippen LogP contribution in [0.15, 0.2) is 30.5 Å². The van der Waals surface area contributed by atoms with Gasteiger partial charge in [0, 0.05) is 25.2 Å². The molecule has 21 heavy (non-hydrogen) atoms. The summed E-state index contributed by atoms with van der Waals surface area (Å²) in [5.74, 6) is -0.342. The lowest BCUT2D eigenvalue weighted by molar-refractivity contribution is 0.0524. The number of carbonyl (C=O) groups excluding carboxylic acids is 1. The lowest BCUT2D eigenvalue weighted by Crippen LogP contribution is -2.18. The Kier molecular flexibility index (Phi) is 5.36. The Morgan fingerprint density at radius 2 is 2.24 bits per heavy atom. The van der Waals surface area contributed by atoms with Crippen LogP contribution in [0.3, 0.4) is 0 Å². The van der Waals surface area contributed by atoms with Gasteiger partial charge in [-0.05, 0) is 24.6 Å². The van der Waals surface area contributed by atoms with Crippen LogP contribution in [-0.4, -0.2) is 22.4 Å². The monoisotopic (exact) mass is 307 g/mol. The normalized spacial score (nSPS) is 10.6. The minimum absolute atomic E-state index is 0.342. The van der Waals surface area contributed by atoms with E-state index in [1.54, 1.807) is 18.7 Å². The number of hydrogen-bond acceptors (Lipinski definition) is 4. The number of benzene rings is 1. The summed E-state index contributed by atoms with van der Waals surface area (Å²) in [6, 6.07) is 7.65. The van der Waals surface area contributed by atoms with Crippen LogP contribution in [0.1, 0.15) is 28.5 Å². The second kappa shape index (κ2) is 7.24. The highest BCUT2D eigenvalue weighted by Gasteiger charge is 2.16. The van der Waals surface area contributed by atoms with E-state index in [9.17, 15) is 4.79 Å². The lowest BCUT2D eigenvalue weighted by Gasteiger charge is -2.08. The first-order valence-electron chi connectivity index (χ1n) is 6.75. The lowest BCUT2D eigenvalue weighted by atomic mass is 10.2. The first kappa shape index (κ1) is 15.5. The minimum atomic E-state index is -0.342.